The van der Waals surface area contributed by atoms with E-state index in [1.165, 1.54) is 0 Å². The van der Waals surface area contributed by atoms with Gasteiger partial charge in [-0.05, 0) is 47.8 Å². The molecule has 1 amide bonds. The van der Waals surface area contributed by atoms with Gasteiger partial charge in [0.15, 0.2) is 0 Å². The van der Waals surface area contributed by atoms with E-state index >= 15 is 0 Å². The highest BCUT2D eigenvalue weighted by Crippen LogP contribution is 2.24. The molecule has 110 valence electrons. The largest absolute Gasteiger partial charge is 0.488 e. The van der Waals surface area contributed by atoms with Gasteiger partial charge in [0, 0.05) is 6.61 Å². The lowest BCUT2D eigenvalue weighted by Crippen LogP contribution is -2.40. The van der Waals surface area contributed by atoms with Crippen LogP contribution in [0.25, 0.3) is 0 Å². The number of carbonyl (C=O) groups is 1. The Labute approximate surface area is 128 Å². The molecule has 0 saturated carbocycles. The van der Waals surface area contributed by atoms with Crippen molar-refractivity contribution in [3.05, 3.63) is 28.7 Å². The molecule has 20 heavy (non-hydrogen) atoms. The molecule has 0 spiro atoms. The number of hydrogen-bond donors (Lipinski definition) is 1. The molecular formula is C15H20BrNO3. The summed E-state index contributed by atoms with van der Waals surface area (Å²) in [7, 11) is 0. The number of nitrogens with one attached hydrogen (secondary N) is 1. The van der Waals surface area contributed by atoms with Crippen LogP contribution in [0.3, 0.4) is 0 Å². The third kappa shape index (κ3) is 4.49. The lowest BCUT2D eigenvalue weighted by atomic mass is 10.0. The fourth-order valence-electron chi connectivity index (χ4n) is 2.13. The summed E-state index contributed by atoms with van der Waals surface area (Å²) >= 11 is 3.44. The van der Waals surface area contributed by atoms with Crippen LogP contribution in [0.1, 0.15) is 19.8 Å². The second-order valence-corrected chi connectivity index (χ2v) is 5.87. The first-order valence-corrected chi connectivity index (χ1v) is 7.72. The van der Waals surface area contributed by atoms with E-state index in [1.54, 1.807) is 0 Å². The molecular weight excluding hydrogens is 322 g/mol. The van der Waals surface area contributed by atoms with E-state index in [0.717, 1.165) is 29.7 Å². The molecule has 1 heterocycles. The molecule has 0 aromatic heterocycles. The summed E-state index contributed by atoms with van der Waals surface area (Å²) < 4.78 is 12.0. The highest BCUT2D eigenvalue weighted by molar-refractivity contribution is 9.10. The highest BCUT2D eigenvalue weighted by Gasteiger charge is 2.22. The van der Waals surface area contributed by atoms with Gasteiger partial charge in [-0.3, -0.25) is 4.79 Å². The third-order valence-corrected chi connectivity index (χ3v) is 3.91. The van der Waals surface area contributed by atoms with Crippen molar-refractivity contribution < 1.29 is 14.3 Å². The number of benzene rings is 1. The molecule has 0 radical (unpaired) electrons. The van der Waals surface area contributed by atoms with Crippen LogP contribution < -0.4 is 10.1 Å². The summed E-state index contributed by atoms with van der Waals surface area (Å²) in [4.78, 5) is 12.0. The average Bonchev–Trinajstić information content (AvgIpc) is 2.48. The molecule has 0 bridgehead atoms. The molecule has 1 N–H and O–H groups in total. The zero-order chi connectivity index (χ0) is 14.4. The Hall–Kier alpha value is -1.07. The smallest absolute Gasteiger partial charge is 0.225 e. The zero-order valence-electron chi connectivity index (χ0n) is 11.6. The van der Waals surface area contributed by atoms with Crippen LogP contribution in [0.15, 0.2) is 28.7 Å². The van der Waals surface area contributed by atoms with Gasteiger partial charge < -0.3 is 14.8 Å². The Kier molecular flexibility index (Phi) is 5.86. The second-order valence-electron chi connectivity index (χ2n) is 5.02. The first-order valence-electron chi connectivity index (χ1n) is 6.93. The van der Waals surface area contributed by atoms with E-state index in [9.17, 15) is 4.79 Å². The predicted octanol–water partition coefficient (Wildman–Crippen LogP) is 2.76. The van der Waals surface area contributed by atoms with E-state index in [0.29, 0.717) is 13.2 Å². The van der Waals surface area contributed by atoms with Crippen LogP contribution in [0.2, 0.25) is 0 Å². The minimum absolute atomic E-state index is 0.0144. The van der Waals surface area contributed by atoms with Crippen LogP contribution in [-0.2, 0) is 9.53 Å². The minimum atomic E-state index is -0.0813. The van der Waals surface area contributed by atoms with E-state index in [4.69, 9.17) is 9.47 Å². The molecule has 2 rings (SSSR count). The van der Waals surface area contributed by atoms with Crippen molar-refractivity contribution in [1.29, 1.82) is 0 Å². The van der Waals surface area contributed by atoms with Gasteiger partial charge in [-0.15, -0.1) is 0 Å². The molecule has 2 atom stereocenters. The van der Waals surface area contributed by atoms with Gasteiger partial charge in [0.1, 0.15) is 11.9 Å². The van der Waals surface area contributed by atoms with Crippen molar-refractivity contribution in [2.75, 3.05) is 19.8 Å². The van der Waals surface area contributed by atoms with Crippen LogP contribution in [-0.4, -0.2) is 31.8 Å². The average molecular weight is 342 g/mol. The summed E-state index contributed by atoms with van der Waals surface area (Å²) in [5.74, 6) is 0.835. The lowest BCUT2D eigenvalue weighted by Gasteiger charge is -2.22. The van der Waals surface area contributed by atoms with Crippen molar-refractivity contribution in [3.8, 4) is 5.75 Å². The number of rotatable bonds is 5. The van der Waals surface area contributed by atoms with Crippen molar-refractivity contribution in [2.24, 2.45) is 5.92 Å². The fraction of sp³-hybridized carbons (Fsp3) is 0.533. The second kappa shape index (κ2) is 7.64. The Morgan fingerprint density at radius 1 is 1.55 bits per heavy atom. The van der Waals surface area contributed by atoms with Crippen LogP contribution in [0.5, 0.6) is 5.75 Å². The quantitative estimate of drug-likeness (QED) is 0.895. The molecule has 0 unspecified atom stereocenters. The maximum atomic E-state index is 12.0. The molecule has 0 aliphatic carbocycles. The SMILES string of the molecule is C[C@@H](CNC(=O)[C@@H]1CCCOC1)Oc1ccccc1Br. The van der Waals surface area contributed by atoms with E-state index in [-0.39, 0.29) is 17.9 Å². The summed E-state index contributed by atoms with van der Waals surface area (Å²) in [5.41, 5.74) is 0. The lowest BCUT2D eigenvalue weighted by molar-refractivity contribution is -0.129. The monoisotopic (exact) mass is 341 g/mol. The molecule has 1 fully saturated rings. The van der Waals surface area contributed by atoms with E-state index < -0.39 is 0 Å². The molecule has 1 aliphatic heterocycles. The van der Waals surface area contributed by atoms with Gasteiger partial charge in [-0.25, -0.2) is 0 Å². The van der Waals surface area contributed by atoms with Crippen molar-refractivity contribution in [1.82, 2.24) is 5.32 Å². The third-order valence-electron chi connectivity index (χ3n) is 3.26. The van der Waals surface area contributed by atoms with Crippen molar-refractivity contribution in [3.63, 3.8) is 0 Å². The minimum Gasteiger partial charge on any atom is -0.488 e. The van der Waals surface area contributed by atoms with E-state index in [2.05, 4.69) is 21.2 Å². The van der Waals surface area contributed by atoms with Gasteiger partial charge in [0.2, 0.25) is 5.91 Å². The summed E-state index contributed by atoms with van der Waals surface area (Å²) in [6, 6.07) is 7.69. The molecule has 1 aliphatic rings. The number of hydrogen-bond acceptors (Lipinski definition) is 3. The topological polar surface area (TPSA) is 47.6 Å². The normalized spacial score (nSPS) is 20.2. The number of amides is 1. The van der Waals surface area contributed by atoms with Gasteiger partial charge in [-0.1, -0.05) is 12.1 Å². The summed E-state index contributed by atoms with van der Waals surface area (Å²) in [6.45, 7) is 3.74. The highest BCUT2D eigenvalue weighted by atomic mass is 79.9. The Morgan fingerprint density at radius 2 is 2.35 bits per heavy atom. The molecule has 5 heteroatoms. The van der Waals surface area contributed by atoms with Gasteiger partial charge in [0.25, 0.3) is 0 Å². The maximum absolute atomic E-state index is 12.0. The Morgan fingerprint density at radius 3 is 3.05 bits per heavy atom. The number of halogens is 1. The number of carbonyl (C=O) groups excluding carboxylic acids is 1. The fourth-order valence-corrected chi connectivity index (χ4v) is 2.51. The number of para-hydroxylation sites is 1. The van der Waals surface area contributed by atoms with Gasteiger partial charge in [0.05, 0.1) is 23.5 Å². The van der Waals surface area contributed by atoms with Crippen LogP contribution in [0, 0.1) is 5.92 Å². The van der Waals surface area contributed by atoms with Gasteiger partial charge >= 0.3 is 0 Å². The van der Waals surface area contributed by atoms with Crippen LogP contribution >= 0.6 is 15.9 Å². The Balaban J connectivity index is 1.76. The summed E-state index contributed by atoms with van der Waals surface area (Å²) in [5, 5.41) is 2.93. The molecule has 1 saturated heterocycles. The first kappa shape index (κ1) is 15.3. The molecule has 1 aromatic carbocycles. The molecule has 4 nitrogen and oxygen atoms in total. The molecule has 1 aromatic rings. The zero-order valence-corrected chi connectivity index (χ0v) is 13.2. The predicted molar refractivity (Wildman–Crippen MR) is 80.8 cm³/mol. The standard InChI is InChI=1S/C15H20BrNO3/c1-11(20-14-7-3-2-6-13(14)16)9-17-15(18)12-5-4-8-19-10-12/h2-3,6-7,11-12H,4-5,8-10H2,1H3,(H,17,18)/t11-,12+/m0/s1. The number of ether oxygens (including phenoxy) is 2. The summed E-state index contributed by atoms with van der Waals surface area (Å²) in [6.07, 6.45) is 1.79. The first-order chi connectivity index (χ1) is 9.66. The Bertz CT molecular complexity index is 446. The van der Waals surface area contributed by atoms with Crippen molar-refractivity contribution in [2.45, 2.75) is 25.9 Å². The van der Waals surface area contributed by atoms with E-state index in [1.807, 2.05) is 31.2 Å². The maximum Gasteiger partial charge on any atom is 0.225 e. The van der Waals surface area contributed by atoms with Gasteiger partial charge in [-0.2, -0.15) is 0 Å². The van der Waals surface area contributed by atoms with Crippen LogP contribution in [0.4, 0.5) is 0 Å². The van der Waals surface area contributed by atoms with Crippen molar-refractivity contribution >= 4 is 21.8 Å².